The zero-order valence-corrected chi connectivity index (χ0v) is 16.9. The summed E-state index contributed by atoms with van der Waals surface area (Å²) in [6.45, 7) is 0. The molecule has 3 aliphatic rings. The molecule has 0 aromatic rings. The number of hydrogen-bond acceptors (Lipinski definition) is 3. The lowest BCUT2D eigenvalue weighted by Gasteiger charge is -2.30. The molecule has 26 heavy (non-hydrogen) atoms. The number of hydrogen-bond donors (Lipinski definition) is 1. The summed E-state index contributed by atoms with van der Waals surface area (Å²) in [6.07, 6.45) is 24.8. The van der Waals surface area contributed by atoms with Crippen molar-refractivity contribution in [3.05, 3.63) is 24.3 Å². The average molecular weight is 362 g/mol. The van der Waals surface area contributed by atoms with E-state index in [4.69, 9.17) is 9.47 Å². The minimum Gasteiger partial charge on any atom is -0.381 e. The minimum absolute atomic E-state index is 0.501. The SMILES string of the molecule is COC1CCC(/C=C/C2CCCC(/C=C/C3CCC(OC)CC3)N2)CC1. The Morgan fingerprint density at radius 2 is 1.00 bits per heavy atom. The van der Waals surface area contributed by atoms with Crippen molar-refractivity contribution in [1.82, 2.24) is 5.32 Å². The van der Waals surface area contributed by atoms with Gasteiger partial charge in [-0.05, 0) is 82.5 Å². The minimum atomic E-state index is 0.501. The van der Waals surface area contributed by atoms with Gasteiger partial charge in [-0.2, -0.15) is 0 Å². The van der Waals surface area contributed by atoms with E-state index in [2.05, 4.69) is 29.6 Å². The number of methoxy groups -OCH3 is 2. The second-order valence-corrected chi connectivity index (χ2v) is 8.63. The molecule has 0 aromatic carbocycles. The van der Waals surface area contributed by atoms with Gasteiger partial charge in [-0.3, -0.25) is 0 Å². The normalized spacial score (nSPS) is 39.6. The fourth-order valence-electron chi connectivity index (χ4n) is 4.92. The lowest BCUT2D eigenvalue weighted by molar-refractivity contribution is 0.0626. The maximum atomic E-state index is 5.49. The van der Waals surface area contributed by atoms with Crippen LogP contribution in [0, 0.1) is 11.8 Å². The summed E-state index contributed by atoms with van der Waals surface area (Å²) >= 11 is 0. The van der Waals surface area contributed by atoms with Crippen LogP contribution in [0.2, 0.25) is 0 Å². The fraction of sp³-hybridized carbons (Fsp3) is 0.826. The van der Waals surface area contributed by atoms with Crippen LogP contribution in [0.25, 0.3) is 0 Å². The van der Waals surface area contributed by atoms with Gasteiger partial charge in [-0.25, -0.2) is 0 Å². The van der Waals surface area contributed by atoms with Gasteiger partial charge in [0.05, 0.1) is 12.2 Å². The van der Waals surface area contributed by atoms with Crippen molar-refractivity contribution in [3.8, 4) is 0 Å². The molecule has 0 spiro atoms. The van der Waals surface area contributed by atoms with Crippen LogP contribution in [-0.2, 0) is 9.47 Å². The maximum absolute atomic E-state index is 5.49. The van der Waals surface area contributed by atoms with Crippen molar-refractivity contribution in [1.29, 1.82) is 0 Å². The molecule has 3 nitrogen and oxygen atoms in total. The van der Waals surface area contributed by atoms with Crippen LogP contribution in [0.1, 0.15) is 70.6 Å². The number of piperidine rings is 1. The van der Waals surface area contributed by atoms with Crippen LogP contribution in [0.4, 0.5) is 0 Å². The summed E-state index contributed by atoms with van der Waals surface area (Å²) in [5.41, 5.74) is 0. The quantitative estimate of drug-likeness (QED) is 0.674. The highest BCUT2D eigenvalue weighted by Gasteiger charge is 2.22. The Hall–Kier alpha value is -0.640. The summed E-state index contributed by atoms with van der Waals surface area (Å²) in [6, 6.07) is 1.12. The van der Waals surface area contributed by atoms with Crippen molar-refractivity contribution in [2.75, 3.05) is 14.2 Å². The zero-order chi connectivity index (χ0) is 18.2. The average Bonchev–Trinajstić information content (AvgIpc) is 2.72. The van der Waals surface area contributed by atoms with Crippen LogP contribution in [0.15, 0.2) is 24.3 Å². The third-order valence-electron chi connectivity index (χ3n) is 6.79. The first-order chi connectivity index (χ1) is 12.8. The van der Waals surface area contributed by atoms with Crippen molar-refractivity contribution in [2.24, 2.45) is 11.8 Å². The fourth-order valence-corrected chi connectivity index (χ4v) is 4.92. The second-order valence-electron chi connectivity index (χ2n) is 8.63. The van der Waals surface area contributed by atoms with Crippen LogP contribution in [0.3, 0.4) is 0 Å². The first-order valence-electron chi connectivity index (χ1n) is 10.9. The highest BCUT2D eigenvalue weighted by molar-refractivity contribution is 5.05. The molecule has 1 N–H and O–H groups in total. The van der Waals surface area contributed by atoms with Gasteiger partial charge in [-0.15, -0.1) is 0 Å². The molecule has 1 aliphatic heterocycles. The van der Waals surface area contributed by atoms with Crippen LogP contribution in [0.5, 0.6) is 0 Å². The van der Waals surface area contributed by atoms with E-state index in [0.29, 0.717) is 24.3 Å². The highest BCUT2D eigenvalue weighted by Crippen LogP contribution is 2.28. The number of ether oxygens (including phenoxy) is 2. The number of rotatable bonds is 6. The van der Waals surface area contributed by atoms with Gasteiger partial charge in [0.1, 0.15) is 0 Å². The molecule has 0 amide bonds. The smallest absolute Gasteiger partial charge is 0.0571 e. The van der Waals surface area contributed by atoms with Gasteiger partial charge in [0.25, 0.3) is 0 Å². The summed E-state index contributed by atoms with van der Waals surface area (Å²) in [7, 11) is 3.70. The highest BCUT2D eigenvalue weighted by atomic mass is 16.5. The predicted octanol–water partition coefficient (Wildman–Crippen LogP) is 5.02. The Bertz CT molecular complexity index is 405. The number of nitrogens with one attached hydrogen (secondary N) is 1. The van der Waals surface area contributed by atoms with Crippen molar-refractivity contribution in [2.45, 2.75) is 94.9 Å². The Balaban J connectivity index is 1.40. The maximum Gasteiger partial charge on any atom is 0.0571 e. The first-order valence-corrected chi connectivity index (χ1v) is 10.9. The van der Waals surface area contributed by atoms with E-state index in [1.54, 1.807) is 0 Å². The molecule has 1 heterocycles. The Labute approximate surface area is 160 Å². The van der Waals surface area contributed by atoms with Gasteiger partial charge >= 0.3 is 0 Å². The molecular formula is C23H39NO2. The van der Waals surface area contributed by atoms with Crippen molar-refractivity contribution >= 4 is 0 Å². The van der Waals surface area contributed by atoms with E-state index in [0.717, 1.165) is 11.8 Å². The summed E-state index contributed by atoms with van der Waals surface area (Å²) in [5, 5.41) is 3.85. The van der Waals surface area contributed by atoms with Gasteiger partial charge in [0.15, 0.2) is 0 Å². The standard InChI is InChI=1S/C23H39NO2/c1-25-22-14-8-18(9-15-22)6-12-20-4-3-5-21(24-20)13-7-19-10-16-23(26-2)17-11-19/h6-7,12-13,18-24H,3-5,8-11,14-17H2,1-2H3/b12-6+,13-7+. The Morgan fingerprint density at radius 1 is 0.577 bits per heavy atom. The summed E-state index contributed by atoms with van der Waals surface area (Å²) in [5.74, 6) is 1.52. The molecule has 2 saturated carbocycles. The van der Waals surface area contributed by atoms with Gasteiger partial charge in [0.2, 0.25) is 0 Å². The summed E-state index contributed by atoms with van der Waals surface area (Å²) < 4.78 is 11.0. The van der Waals surface area contributed by atoms with Crippen LogP contribution >= 0.6 is 0 Å². The molecule has 2 atom stereocenters. The molecule has 1 saturated heterocycles. The Kier molecular flexibility index (Phi) is 8.22. The van der Waals surface area contributed by atoms with Gasteiger partial charge < -0.3 is 14.8 Å². The number of allylic oxidation sites excluding steroid dienone is 2. The zero-order valence-electron chi connectivity index (χ0n) is 16.9. The van der Waals surface area contributed by atoms with Gasteiger partial charge in [0, 0.05) is 26.3 Å². The molecule has 2 aliphatic carbocycles. The molecule has 3 heteroatoms. The molecule has 0 bridgehead atoms. The lowest BCUT2D eigenvalue weighted by atomic mass is 9.85. The van der Waals surface area contributed by atoms with Crippen LogP contribution in [-0.4, -0.2) is 38.5 Å². The summed E-state index contributed by atoms with van der Waals surface area (Å²) in [4.78, 5) is 0. The van der Waals surface area contributed by atoms with E-state index in [9.17, 15) is 0 Å². The van der Waals surface area contributed by atoms with E-state index in [1.807, 2.05) is 14.2 Å². The molecule has 3 fully saturated rings. The van der Waals surface area contributed by atoms with E-state index in [-0.39, 0.29) is 0 Å². The predicted molar refractivity (Wildman–Crippen MR) is 108 cm³/mol. The molecule has 2 unspecified atom stereocenters. The second kappa shape index (κ2) is 10.6. The van der Waals surface area contributed by atoms with E-state index >= 15 is 0 Å². The largest absolute Gasteiger partial charge is 0.381 e. The van der Waals surface area contributed by atoms with Crippen LogP contribution < -0.4 is 5.32 Å². The van der Waals surface area contributed by atoms with Crippen molar-refractivity contribution < 1.29 is 9.47 Å². The van der Waals surface area contributed by atoms with E-state index < -0.39 is 0 Å². The van der Waals surface area contributed by atoms with Gasteiger partial charge in [-0.1, -0.05) is 24.3 Å². The van der Waals surface area contributed by atoms with E-state index in [1.165, 1.54) is 70.6 Å². The monoisotopic (exact) mass is 361 g/mol. The topological polar surface area (TPSA) is 30.5 Å². The molecule has 0 aromatic heterocycles. The Morgan fingerprint density at radius 3 is 1.38 bits per heavy atom. The third kappa shape index (κ3) is 6.21. The third-order valence-corrected chi connectivity index (χ3v) is 6.79. The molecule has 3 rings (SSSR count). The molecule has 148 valence electrons. The molecule has 0 radical (unpaired) electrons. The van der Waals surface area contributed by atoms with Crippen molar-refractivity contribution in [3.63, 3.8) is 0 Å². The lowest BCUT2D eigenvalue weighted by Crippen LogP contribution is -2.40. The molecular weight excluding hydrogens is 322 g/mol. The first kappa shape index (κ1) is 20.1.